The molecule has 0 aromatic carbocycles. The Kier molecular flexibility index (Phi) is 6.68. The number of nitrogens with one attached hydrogen (secondary N) is 2. The number of carbonyl (C=O) groups excluding carboxylic acids is 1. The molecule has 1 aliphatic rings. The van der Waals surface area contributed by atoms with E-state index >= 15 is 0 Å². The monoisotopic (exact) mass is 288 g/mol. The van der Waals surface area contributed by atoms with Crippen molar-refractivity contribution in [3.63, 3.8) is 0 Å². The molecule has 2 N–H and O–H groups in total. The third kappa shape index (κ3) is 4.59. The summed E-state index contributed by atoms with van der Waals surface area (Å²) in [5.41, 5.74) is 0. The number of halogens is 1. The lowest BCUT2D eigenvalue weighted by atomic mass is 10.1. The molecule has 0 bridgehead atoms. The van der Waals surface area contributed by atoms with Gasteiger partial charge in [-0.05, 0) is 44.2 Å². The standard InChI is InChI=1S/C13H20N2OS.ClH/c1-10(12-5-3-9-17-12)15-13(16)7-6-11-4-2-8-14-11;/h3,5,9-11,14H,2,4,6-8H2,1H3,(H,15,16);1H. The van der Waals surface area contributed by atoms with E-state index in [1.165, 1.54) is 17.7 Å². The summed E-state index contributed by atoms with van der Waals surface area (Å²) in [6.45, 7) is 3.15. The van der Waals surface area contributed by atoms with Crippen molar-refractivity contribution < 1.29 is 4.79 Å². The smallest absolute Gasteiger partial charge is 0.220 e. The van der Waals surface area contributed by atoms with Gasteiger partial charge in [-0.2, -0.15) is 0 Å². The minimum atomic E-state index is 0. The molecule has 0 saturated carbocycles. The average Bonchev–Trinajstić information content (AvgIpc) is 2.99. The van der Waals surface area contributed by atoms with Gasteiger partial charge in [-0.1, -0.05) is 6.07 Å². The van der Waals surface area contributed by atoms with E-state index in [4.69, 9.17) is 0 Å². The molecule has 0 radical (unpaired) electrons. The van der Waals surface area contributed by atoms with Crippen LogP contribution in [0.1, 0.15) is 43.5 Å². The lowest BCUT2D eigenvalue weighted by molar-refractivity contribution is -0.121. The van der Waals surface area contributed by atoms with Crippen LogP contribution in [-0.4, -0.2) is 18.5 Å². The van der Waals surface area contributed by atoms with Crippen LogP contribution in [0.3, 0.4) is 0 Å². The van der Waals surface area contributed by atoms with Gasteiger partial charge in [-0.3, -0.25) is 4.79 Å². The number of amides is 1. The molecular formula is C13H21ClN2OS. The molecular weight excluding hydrogens is 268 g/mol. The van der Waals surface area contributed by atoms with Crippen LogP contribution in [0.4, 0.5) is 0 Å². The number of rotatable bonds is 5. The Hall–Kier alpha value is -0.580. The minimum absolute atomic E-state index is 0. The van der Waals surface area contributed by atoms with E-state index in [0.717, 1.165) is 13.0 Å². The van der Waals surface area contributed by atoms with E-state index in [-0.39, 0.29) is 24.4 Å². The van der Waals surface area contributed by atoms with Crippen LogP contribution < -0.4 is 10.6 Å². The molecule has 2 atom stereocenters. The van der Waals surface area contributed by atoms with Crippen molar-refractivity contribution >= 4 is 29.7 Å². The Bertz CT molecular complexity index is 350. The van der Waals surface area contributed by atoms with Gasteiger partial charge in [0.2, 0.25) is 5.91 Å². The van der Waals surface area contributed by atoms with Crippen molar-refractivity contribution in [3.8, 4) is 0 Å². The molecule has 0 aliphatic carbocycles. The van der Waals surface area contributed by atoms with Crippen molar-refractivity contribution in [2.75, 3.05) is 6.54 Å². The van der Waals surface area contributed by atoms with E-state index in [0.29, 0.717) is 12.5 Å². The Morgan fingerprint density at radius 1 is 1.67 bits per heavy atom. The van der Waals surface area contributed by atoms with Gasteiger partial charge in [0.05, 0.1) is 6.04 Å². The molecule has 102 valence electrons. The average molecular weight is 289 g/mol. The molecule has 1 fully saturated rings. The van der Waals surface area contributed by atoms with E-state index in [9.17, 15) is 4.79 Å². The van der Waals surface area contributed by atoms with Gasteiger partial charge in [0.1, 0.15) is 0 Å². The van der Waals surface area contributed by atoms with Gasteiger partial charge in [-0.15, -0.1) is 23.7 Å². The van der Waals surface area contributed by atoms with Gasteiger partial charge < -0.3 is 10.6 Å². The molecule has 2 unspecified atom stereocenters. The second-order valence-corrected chi connectivity index (χ2v) is 5.62. The Labute approximate surface area is 119 Å². The molecule has 0 spiro atoms. The second-order valence-electron chi connectivity index (χ2n) is 4.64. The largest absolute Gasteiger partial charge is 0.349 e. The van der Waals surface area contributed by atoms with Crippen LogP contribution in [0, 0.1) is 0 Å². The highest BCUT2D eigenvalue weighted by Gasteiger charge is 2.16. The van der Waals surface area contributed by atoms with Crippen molar-refractivity contribution in [2.24, 2.45) is 0 Å². The lowest BCUT2D eigenvalue weighted by Gasteiger charge is -2.14. The zero-order valence-corrected chi connectivity index (χ0v) is 12.3. The summed E-state index contributed by atoms with van der Waals surface area (Å²) in [7, 11) is 0. The normalized spacial score (nSPS) is 20.2. The molecule has 1 aromatic rings. The van der Waals surface area contributed by atoms with Gasteiger partial charge in [0.25, 0.3) is 0 Å². The topological polar surface area (TPSA) is 41.1 Å². The fourth-order valence-electron chi connectivity index (χ4n) is 2.23. The van der Waals surface area contributed by atoms with E-state index < -0.39 is 0 Å². The Balaban J connectivity index is 0.00000162. The van der Waals surface area contributed by atoms with Crippen LogP contribution in [0.25, 0.3) is 0 Å². The molecule has 3 nitrogen and oxygen atoms in total. The molecule has 1 aliphatic heterocycles. The maximum absolute atomic E-state index is 11.8. The van der Waals surface area contributed by atoms with E-state index in [2.05, 4.69) is 16.7 Å². The second kappa shape index (κ2) is 7.77. The summed E-state index contributed by atoms with van der Waals surface area (Å²) in [5.74, 6) is 0.166. The van der Waals surface area contributed by atoms with Gasteiger partial charge >= 0.3 is 0 Å². The molecule has 2 heterocycles. The zero-order chi connectivity index (χ0) is 12.1. The van der Waals surface area contributed by atoms with Gasteiger partial charge in [0.15, 0.2) is 0 Å². The third-order valence-corrected chi connectivity index (χ3v) is 4.28. The van der Waals surface area contributed by atoms with Crippen LogP contribution in [-0.2, 0) is 4.79 Å². The summed E-state index contributed by atoms with van der Waals surface area (Å²) < 4.78 is 0. The van der Waals surface area contributed by atoms with Crippen LogP contribution >= 0.6 is 23.7 Å². The predicted molar refractivity (Wildman–Crippen MR) is 78.4 cm³/mol. The summed E-state index contributed by atoms with van der Waals surface area (Å²) in [5, 5.41) is 8.51. The maximum Gasteiger partial charge on any atom is 0.220 e. The van der Waals surface area contributed by atoms with Crippen molar-refractivity contribution in [3.05, 3.63) is 22.4 Å². The fourth-order valence-corrected chi connectivity index (χ4v) is 2.97. The quantitative estimate of drug-likeness (QED) is 0.875. The third-order valence-electron chi connectivity index (χ3n) is 3.23. The zero-order valence-electron chi connectivity index (χ0n) is 10.6. The number of hydrogen-bond donors (Lipinski definition) is 2. The van der Waals surface area contributed by atoms with Gasteiger partial charge in [-0.25, -0.2) is 0 Å². The molecule has 1 aromatic heterocycles. The summed E-state index contributed by atoms with van der Waals surface area (Å²) >= 11 is 1.69. The molecule has 5 heteroatoms. The summed E-state index contributed by atoms with van der Waals surface area (Å²) in [4.78, 5) is 13.0. The molecule has 1 amide bonds. The highest BCUT2D eigenvalue weighted by molar-refractivity contribution is 7.10. The van der Waals surface area contributed by atoms with Crippen molar-refractivity contribution in [1.82, 2.24) is 10.6 Å². The van der Waals surface area contributed by atoms with Crippen LogP contribution in [0.2, 0.25) is 0 Å². The molecule has 18 heavy (non-hydrogen) atoms. The van der Waals surface area contributed by atoms with Crippen molar-refractivity contribution in [2.45, 2.75) is 44.7 Å². The van der Waals surface area contributed by atoms with Crippen LogP contribution in [0.5, 0.6) is 0 Å². The van der Waals surface area contributed by atoms with E-state index in [1.807, 2.05) is 18.4 Å². The Morgan fingerprint density at radius 2 is 2.50 bits per heavy atom. The highest BCUT2D eigenvalue weighted by atomic mass is 35.5. The summed E-state index contributed by atoms with van der Waals surface area (Å²) in [6, 6.07) is 4.77. The first-order chi connectivity index (χ1) is 8.25. The number of thiophene rings is 1. The summed E-state index contributed by atoms with van der Waals surface area (Å²) in [6.07, 6.45) is 4.06. The van der Waals surface area contributed by atoms with Crippen molar-refractivity contribution in [1.29, 1.82) is 0 Å². The van der Waals surface area contributed by atoms with Crippen LogP contribution in [0.15, 0.2) is 17.5 Å². The fraction of sp³-hybridized carbons (Fsp3) is 0.615. The Morgan fingerprint density at radius 3 is 3.11 bits per heavy atom. The first-order valence-electron chi connectivity index (χ1n) is 6.32. The highest BCUT2D eigenvalue weighted by Crippen LogP contribution is 2.18. The number of hydrogen-bond acceptors (Lipinski definition) is 3. The minimum Gasteiger partial charge on any atom is -0.349 e. The maximum atomic E-state index is 11.8. The van der Waals surface area contributed by atoms with Gasteiger partial charge in [0, 0.05) is 17.3 Å². The number of carbonyl (C=O) groups is 1. The molecule has 2 rings (SSSR count). The SMILES string of the molecule is CC(NC(=O)CCC1CCCN1)c1cccs1.Cl. The van der Waals surface area contributed by atoms with E-state index in [1.54, 1.807) is 11.3 Å². The predicted octanol–water partition coefficient (Wildman–Crippen LogP) is 2.88. The first kappa shape index (κ1) is 15.5. The first-order valence-corrected chi connectivity index (χ1v) is 7.20. The molecule has 1 saturated heterocycles. The lowest BCUT2D eigenvalue weighted by Crippen LogP contribution is -2.29.